The van der Waals surface area contributed by atoms with Crippen LogP contribution in [0.4, 0.5) is 0 Å². The Bertz CT molecular complexity index is 297. The molecule has 0 aliphatic rings. The highest BCUT2D eigenvalue weighted by molar-refractivity contribution is 6.34. The van der Waals surface area contributed by atoms with Gasteiger partial charge in [-0.2, -0.15) is 0 Å². The van der Waals surface area contributed by atoms with Crippen LogP contribution in [0.2, 0.25) is 10.0 Å². The molecule has 15 heavy (non-hydrogen) atoms. The fourth-order valence-electron chi connectivity index (χ4n) is 1.38. The summed E-state index contributed by atoms with van der Waals surface area (Å²) in [5, 5.41) is 13.6. The summed E-state index contributed by atoms with van der Waals surface area (Å²) >= 11 is 11.8. The molecule has 1 rings (SSSR count). The van der Waals surface area contributed by atoms with Crippen LogP contribution in [0.3, 0.4) is 0 Å². The van der Waals surface area contributed by atoms with Crippen LogP contribution in [0.15, 0.2) is 18.2 Å². The number of nitrogens with one attached hydrogen (secondary N) is 1. The maximum atomic E-state index is 9.24. The zero-order valence-corrected chi connectivity index (χ0v) is 10.1. The van der Waals surface area contributed by atoms with E-state index >= 15 is 0 Å². The predicted molar refractivity (Wildman–Crippen MR) is 64.6 cm³/mol. The summed E-state index contributed by atoms with van der Waals surface area (Å²) in [6.07, 6.45) is 1.02. The number of aliphatic hydroxyl groups excluding tert-OH is 1. The Balaban J connectivity index is 2.81. The van der Waals surface area contributed by atoms with Gasteiger partial charge >= 0.3 is 0 Å². The molecule has 0 radical (unpaired) electrons. The van der Waals surface area contributed by atoms with Gasteiger partial charge in [-0.15, -0.1) is 0 Å². The number of benzene rings is 1. The fourth-order valence-corrected chi connectivity index (χ4v) is 1.93. The van der Waals surface area contributed by atoms with Crippen molar-refractivity contribution in [3.63, 3.8) is 0 Å². The monoisotopic (exact) mass is 247 g/mol. The van der Waals surface area contributed by atoms with E-state index in [1.807, 2.05) is 12.1 Å². The van der Waals surface area contributed by atoms with Gasteiger partial charge in [0.25, 0.3) is 0 Å². The molecule has 0 aliphatic heterocycles. The zero-order valence-electron chi connectivity index (χ0n) is 8.63. The van der Waals surface area contributed by atoms with E-state index in [0.717, 1.165) is 18.5 Å². The molecule has 84 valence electrons. The summed E-state index contributed by atoms with van der Waals surface area (Å²) in [6, 6.07) is 5.22. The Morgan fingerprint density at radius 3 is 2.33 bits per heavy atom. The molecule has 1 atom stereocenters. The molecule has 1 aromatic carbocycles. The number of hydrogen-bond acceptors (Lipinski definition) is 2. The standard InChI is InChI=1S/C11H15Cl2NO/c1-2-3-14-11(7-15)8-4-9(12)6-10(13)5-8/h4-6,11,14-15H,2-3,7H2,1H3. The van der Waals surface area contributed by atoms with Crippen molar-refractivity contribution in [2.75, 3.05) is 13.2 Å². The van der Waals surface area contributed by atoms with Crippen LogP contribution in [-0.4, -0.2) is 18.3 Å². The van der Waals surface area contributed by atoms with Crippen LogP contribution in [0.1, 0.15) is 24.9 Å². The van der Waals surface area contributed by atoms with Gasteiger partial charge in [-0.05, 0) is 36.7 Å². The third-order valence-electron chi connectivity index (χ3n) is 2.11. The van der Waals surface area contributed by atoms with Crippen molar-refractivity contribution in [2.24, 2.45) is 0 Å². The summed E-state index contributed by atoms with van der Waals surface area (Å²) in [5.74, 6) is 0. The maximum absolute atomic E-state index is 9.24. The molecule has 0 amide bonds. The molecule has 0 aliphatic carbocycles. The highest BCUT2D eigenvalue weighted by Crippen LogP contribution is 2.23. The third-order valence-corrected chi connectivity index (χ3v) is 2.55. The molecular formula is C11H15Cl2NO. The minimum atomic E-state index is -0.0962. The molecule has 0 heterocycles. The first-order valence-corrected chi connectivity index (χ1v) is 5.73. The molecule has 2 N–H and O–H groups in total. The second-order valence-electron chi connectivity index (χ2n) is 3.39. The lowest BCUT2D eigenvalue weighted by Gasteiger charge is -2.16. The van der Waals surface area contributed by atoms with Gasteiger partial charge in [-0.1, -0.05) is 30.1 Å². The van der Waals surface area contributed by atoms with Crippen LogP contribution in [0.25, 0.3) is 0 Å². The lowest BCUT2D eigenvalue weighted by molar-refractivity contribution is 0.245. The lowest BCUT2D eigenvalue weighted by Crippen LogP contribution is -2.25. The maximum Gasteiger partial charge on any atom is 0.0626 e. The summed E-state index contributed by atoms with van der Waals surface area (Å²) < 4.78 is 0. The average molecular weight is 248 g/mol. The molecule has 0 fully saturated rings. The summed E-state index contributed by atoms with van der Waals surface area (Å²) in [4.78, 5) is 0. The van der Waals surface area contributed by atoms with E-state index in [9.17, 15) is 5.11 Å². The molecule has 0 spiro atoms. The third kappa shape index (κ3) is 3.99. The first-order valence-electron chi connectivity index (χ1n) is 4.97. The Kier molecular flexibility index (Phi) is 5.40. The molecule has 2 nitrogen and oxygen atoms in total. The number of hydrogen-bond donors (Lipinski definition) is 2. The van der Waals surface area contributed by atoms with E-state index in [2.05, 4.69) is 12.2 Å². The van der Waals surface area contributed by atoms with E-state index in [4.69, 9.17) is 23.2 Å². The van der Waals surface area contributed by atoms with E-state index in [0.29, 0.717) is 10.0 Å². The van der Waals surface area contributed by atoms with Crippen LogP contribution >= 0.6 is 23.2 Å². The Morgan fingerprint density at radius 2 is 1.87 bits per heavy atom. The van der Waals surface area contributed by atoms with Gasteiger partial charge < -0.3 is 10.4 Å². The van der Waals surface area contributed by atoms with Crippen LogP contribution < -0.4 is 5.32 Å². The van der Waals surface area contributed by atoms with Crippen LogP contribution in [0, 0.1) is 0 Å². The SMILES string of the molecule is CCCNC(CO)c1cc(Cl)cc(Cl)c1. The molecule has 4 heteroatoms. The zero-order chi connectivity index (χ0) is 11.3. The molecule has 0 saturated heterocycles. The Hall–Kier alpha value is -0.280. The lowest BCUT2D eigenvalue weighted by atomic mass is 10.1. The van der Waals surface area contributed by atoms with Crippen molar-refractivity contribution in [1.29, 1.82) is 0 Å². The van der Waals surface area contributed by atoms with Gasteiger partial charge in [0.1, 0.15) is 0 Å². The Labute approximate surface area is 100 Å². The van der Waals surface area contributed by atoms with Crippen LogP contribution in [-0.2, 0) is 0 Å². The molecule has 1 unspecified atom stereocenters. The Morgan fingerprint density at radius 1 is 1.27 bits per heavy atom. The van der Waals surface area contributed by atoms with Gasteiger partial charge in [0, 0.05) is 10.0 Å². The van der Waals surface area contributed by atoms with Gasteiger partial charge in [-0.3, -0.25) is 0 Å². The minimum Gasteiger partial charge on any atom is -0.394 e. The molecule has 1 aromatic rings. The molecule has 0 bridgehead atoms. The molecule has 0 saturated carbocycles. The van der Waals surface area contributed by atoms with Crippen molar-refractivity contribution < 1.29 is 5.11 Å². The summed E-state index contributed by atoms with van der Waals surface area (Å²) in [5.41, 5.74) is 0.920. The quantitative estimate of drug-likeness (QED) is 0.839. The van der Waals surface area contributed by atoms with Crippen molar-refractivity contribution in [2.45, 2.75) is 19.4 Å². The second-order valence-corrected chi connectivity index (χ2v) is 4.26. The van der Waals surface area contributed by atoms with E-state index in [-0.39, 0.29) is 12.6 Å². The summed E-state index contributed by atoms with van der Waals surface area (Å²) in [7, 11) is 0. The van der Waals surface area contributed by atoms with E-state index in [1.165, 1.54) is 0 Å². The summed E-state index contributed by atoms with van der Waals surface area (Å²) in [6.45, 7) is 2.97. The second kappa shape index (κ2) is 6.33. The number of aliphatic hydroxyl groups is 1. The smallest absolute Gasteiger partial charge is 0.0626 e. The van der Waals surface area contributed by atoms with Gasteiger partial charge in [-0.25, -0.2) is 0 Å². The predicted octanol–water partition coefficient (Wildman–Crippen LogP) is 3.03. The van der Waals surface area contributed by atoms with Gasteiger partial charge in [0.2, 0.25) is 0 Å². The first kappa shape index (κ1) is 12.8. The average Bonchev–Trinajstić information content (AvgIpc) is 2.17. The largest absolute Gasteiger partial charge is 0.394 e. The van der Waals surface area contributed by atoms with Gasteiger partial charge in [0.05, 0.1) is 12.6 Å². The molecular weight excluding hydrogens is 233 g/mol. The van der Waals surface area contributed by atoms with Crippen LogP contribution in [0.5, 0.6) is 0 Å². The highest BCUT2D eigenvalue weighted by Gasteiger charge is 2.10. The topological polar surface area (TPSA) is 32.3 Å². The van der Waals surface area contributed by atoms with Crippen molar-refractivity contribution in [3.8, 4) is 0 Å². The van der Waals surface area contributed by atoms with E-state index in [1.54, 1.807) is 6.07 Å². The van der Waals surface area contributed by atoms with Crippen molar-refractivity contribution >= 4 is 23.2 Å². The normalized spacial score (nSPS) is 12.8. The first-order chi connectivity index (χ1) is 7.17. The molecule has 0 aromatic heterocycles. The van der Waals surface area contributed by atoms with Crippen molar-refractivity contribution in [3.05, 3.63) is 33.8 Å². The van der Waals surface area contributed by atoms with Crippen molar-refractivity contribution in [1.82, 2.24) is 5.32 Å². The number of rotatable bonds is 5. The highest BCUT2D eigenvalue weighted by atomic mass is 35.5. The van der Waals surface area contributed by atoms with E-state index < -0.39 is 0 Å². The minimum absolute atomic E-state index is 0.0384. The van der Waals surface area contributed by atoms with Gasteiger partial charge in [0.15, 0.2) is 0 Å². The number of halogens is 2. The fraction of sp³-hybridized carbons (Fsp3) is 0.455.